The molecule has 2 aromatic heterocycles. The number of hydrogen-bond acceptors (Lipinski definition) is 5. The van der Waals surface area contributed by atoms with Gasteiger partial charge in [0.1, 0.15) is 5.76 Å². The number of aryl methyl sites for hydroxylation is 2. The summed E-state index contributed by atoms with van der Waals surface area (Å²) in [5, 5.41) is 3.47. The van der Waals surface area contributed by atoms with Crippen molar-refractivity contribution in [3.63, 3.8) is 0 Å². The van der Waals surface area contributed by atoms with Crippen molar-refractivity contribution < 1.29 is 9.32 Å². The van der Waals surface area contributed by atoms with E-state index in [1.54, 1.807) is 13.0 Å². The lowest BCUT2D eigenvalue weighted by molar-refractivity contribution is 0.0950. The Balaban J connectivity index is 1.56. The fourth-order valence-electron chi connectivity index (χ4n) is 5.54. The Kier molecular flexibility index (Phi) is 7.81. The van der Waals surface area contributed by atoms with Crippen LogP contribution in [0.25, 0.3) is 5.52 Å². The Morgan fingerprint density at radius 1 is 1.08 bits per heavy atom. The van der Waals surface area contributed by atoms with Crippen molar-refractivity contribution in [1.29, 1.82) is 0 Å². The molecule has 0 aliphatic heterocycles. The molecule has 0 bridgehead atoms. The molecule has 1 aliphatic carbocycles. The second-order valence-corrected chi connectivity index (χ2v) is 10.6. The van der Waals surface area contributed by atoms with Crippen molar-refractivity contribution in [2.75, 3.05) is 25.5 Å². The fraction of sp³-hybridized carbons (Fsp3) is 0.500. The Labute approximate surface area is 218 Å². The van der Waals surface area contributed by atoms with Gasteiger partial charge in [-0.1, -0.05) is 11.6 Å². The Morgan fingerprint density at radius 3 is 2.39 bits per heavy atom. The minimum Gasteiger partial charge on any atom is -0.376 e. The number of anilines is 1. The number of nitrogens with one attached hydrogen (secondary N) is 1. The van der Waals surface area contributed by atoms with E-state index in [1.807, 2.05) is 32.0 Å². The van der Waals surface area contributed by atoms with Gasteiger partial charge in [-0.15, -0.1) is 4.57 Å². The zero-order chi connectivity index (χ0) is 26.1. The van der Waals surface area contributed by atoms with Crippen LogP contribution in [-0.2, 0) is 6.54 Å². The van der Waals surface area contributed by atoms with Crippen molar-refractivity contribution in [2.24, 2.45) is 0 Å². The maximum absolute atomic E-state index is 13.3. The van der Waals surface area contributed by atoms with Crippen molar-refractivity contribution >= 4 is 28.7 Å². The molecule has 3 aromatic rings. The highest BCUT2D eigenvalue weighted by molar-refractivity contribution is 6.31. The highest BCUT2D eigenvalue weighted by Crippen LogP contribution is 2.34. The van der Waals surface area contributed by atoms with Crippen LogP contribution in [0.5, 0.6) is 0 Å². The van der Waals surface area contributed by atoms with Crippen LogP contribution < -0.4 is 15.8 Å². The largest absolute Gasteiger partial charge is 0.376 e. The third kappa shape index (κ3) is 5.18. The first kappa shape index (κ1) is 26.3. The van der Waals surface area contributed by atoms with Crippen molar-refractivity contribution in [3.8, 4) is 0 Å². The number of hydrogen-bond donors (Lipinski definition) is 1. The molecule has 0 radical (unpaired) electrons. The van der Waals surface area contributed by atoms with Gasteiger partial charge in [0.05, 0.1) is 5.52 Å². The van der Waals surface area contributed by atoms with Gasteiger partial charge in [-0.05, 0) is 96.8 Å². The molecule has 1 saturated carbocycles. The van der Waals surface area contributed by atoms with E-state index in [-0.39, 0.29) is 18.0 Å². The zero-order valence-electron chi connectivity index (χ0n) is 22.2. The summed E-state index contributed by atoms with van der Waals surface area (Å²) in [5.41, 5.74) is 4.21. The van der Waals surface area contributed by atoms with Crippen molar-refractivity contribution in [2.45, 2.75) is 72.0 Å². The first-order valence-corrected chi connectivity index (χ1v) is 13.1. The van der Waals surface area contributed by atoms with Crippen LogP contribution >= 0.6 is 11.6 Å². The van der Waals surface area contributed by atoms with E-state index in [1.165, 1.54) is 4.57 Å². The van der Waals surface area contributed by atoms with Gasteiger partial charge in [0, 0.05) is 53.1 Å². The number of aromatic nitrogens is 1. The van der Waals surface area contributed by atoms with E-state index in [9.17, 15) is 9.59 Å². The highest BCUT2D eigenvalue weighted by Gasteiger charge is 2.28. The van der Waals surface area contributed by atoms with Gasteiger partial charge in [-0.3, -0.25) is 9.59 Å². The predicted molar refractivity (Wildman–Crippen MR) is 146 cm³/mol. The van der Waals surface area contributed by atoms with E-state index < -0.39 is 0 Å². The summed E-state index contributed by atoms with van der Waals surface area (Å²) >= 11 is 6.53. The average Bonchev–Trinajstić information content (AvgIpc) is 3.21. The first-order valence-electron chi connectivity index (χ1n) is 12.7. The molecule has 1 aromatic carbocycles. The Morgan fingerprint density at radius 2 is 1.75 bits per heavy atom. The molecule has 1 aliphatic rings. The summed E-state index contributed by atoms with van der Waals surface area (Å²) in [5.74, 6) is 0.411. The van der Waals surface area contributed by atoms with Crippen LogP contribution in [-0.4, -0.2) is 48.1 Å². The molecule has 1 fully saturated rings. The lowest BCUT2D eigenvalue weighted by Gasteiger charge is -2.40. The van der Waals surface area contributed by atoms with E-state index >= 15 is 0 Å². The van der Waals surface area contributed by atoms with Crippen molar-refractivity contribution in [1.82, 2.24) is 14.8 Å². The van der Waals surface area contributed by atoms with Crippen molar-refractivity contribution in [3.05, 3.63) is 67.7 Å². The Hall–Kier alpha value is -2.77. The first-order chi connectivity index (χ1) is 17.1. The normalized spacial score (nSPS) is 18.1. The molecule has 194 valence electrons. The summed E-state index contributed by atoms with van der Waals surface area (Å²) < 4.78 is 6.79. The molecule has 8 heteroatoms. The van der Waals surface area contributed by atoms with Crippen LogP contribution in [0.2, 0.25) is 5.02 Å². The third-order valence-corrected chi connectivity index (χ3v) is 7.82. The van der Waals surface area contributed by atoms with E-state index in [4.69, 9.17) is 16.1 Å². The van der Waals surface area contributed by atoms with Gasteiger partial charge in [-0.25, -0.2) is 0 Å². The van der Waals surface area contributed by atoms with Gasteiger partial charge < -0.3 is 19.6 Å². The number of rotatable bonds is 7. The number of carbonyl (C=O) groups excluding carboxylic acids is 1. The number of amides is 1. The van der Waals surface area contributed by atoms with E-state index in [0.29, 0.717) is 39.5 Å². The number of pyridine rings is 1. The second-order valence-electron chi connectivity index (χ2n) is 10.2. The standard InChI is InChI=1S/C28H37ClN4O3/c1-7-32(22-10-8-21(9-11-22)31(5)6)26-15-20(29)14-24(19(26)4)27(34)30-16-25-17(2)12-23-13-18(3)36-33(23)28(25)35/h12-15,21-22H,7-11,16H2,1-6H3,(H,30,34)/t21-,22-. The molecular weight excluding hydrogens is 476 g/mol. The number of halogens is 1. The van der Waals surface area contributed by atoms with Crippen LogP contribution in [0.4, 0.5) is 5.69 Å². The molecule has 4 rings (SSSR count). The average molecular weight is 513 g/mol. The summed E-state index contributed by atoms with van der Waals surface area (Å²) in [6, 6.07) is 8.44. The lowest BCUT2D eigenvalue weighted by Crippen LogP contribution is -2.42. The Bertz CT molecular complexity index is 1320. The quantitative estimate of drug-likeness (QED) is 0.477. The molecule has 1 amide bonds. The van der Waals surface area contributed by atoms with Gasteiger partial charge in [0.15, 0.2) is 0 Å². The molecule has 0 unspecified atom stereocenters. The lowest BCUT2D eigenvalue weighted by atomic mass is 9.89. The van der Waals surface area contributed by atoms with Gasteiger partial charge >= 0.3 is 0 Å². The summed E-state index contributed by atoms with van der Waals surface area (Å²) in [7, 11) is 4.30. The fourth-order valence-corrected chi connectivity index (χ4v) is 5.75. The van der Waals surface area contributed by atoms with Crippen LogP contribution in [0.1, 0.15) is 65.4 Å². The molecule has 0 saturated heterocycles. The minimum atomic E-state index is -0.257. The summed E-state index contributed by atoms with van der Waals surface area (Å²) in [6.07, 6.45) is 4.55. The molecular formula is C28H37ClN4O3. The van der Waals surface area contributed by atoms with E-state index in [2.05, 4.69) is 36.1 Å². The number of fused-ring (bicyclic) bond motifs is 1. The SMILES string of the molecule is CCN(c1cc(Cl)cc(C(=O)NCc2c(C)cc3cc(C)on3c2=O)c1C)[C@H]1CC[C@H](N(C)C)CC1. The monoisotopic (exact) mass is 512 g/mol. The van der Waals surface area contributed by atoms with E-state index in [0.717, 1.165) is 49.0 Å². The zero-order valence-corrected chi connectivity index (χ0v) is 22.9. The number of benzene rings is 1. The van der Waals surface area contributed by atoms with Crippen LogP contribution in [0, 0.1) is 20.8 Å². The summed E-state index contributed by atoms with van der Waals surface area (Å²) in [4.78, 5) is 31.0. The smallest absolute Gasteiger partial charge is 0.289 e. The molecule has 0 spiro atoms. The van der Waals surface area contributed by atoms with Crippen LogP contribution in [0.3, 0.4) is 0 Å². The molecule has 1 N–H and O–H groups in total. The third-order valence-electron chi connectivity index (χ3n) is 7.61. The second kappa shape index (κ2) is 10.7. The van der Waals surface area contributed by atoms with Gasteiger partial charge in [0.2, 0.25) is 0 Å². The maximum Gasteiger partial charge on any atom is 0.289 e. The summed E-state index contributed by atoms with van der Waals surface area (Å²) in [6.45, 7) is 8.76. The topological polar surface area (TPSA) is 70.2 Å². The van der Waals surface area contributed by atoms with Gasteiger partial charge in [0.25, 0.3) is 11.5 Å². The number of carbonyl (C=O) groups is 1. The maximum atomic E-state index is 13.3. The van der Waals surface area contributed by atoms with Crippen LogP contribution in [0.15, 0.2) is 33.6 Å². The van der Waals surface area contributed by atoms with Gasteiger partial charge in [-0.2, -0.15) is 0 Å². The molecule has 0 atom stereocenters. The minimum absolute atomic E-state index is 0.111. The molecule has 7 nitrogen and oxygen atoms in total. The molecule has 36 heavy (non-hydrogen) atoms. The number of nitrogens with zero attached hydrogens (tertiary/aromatic N) is 3. The highest BCUT2D eigenvalue weighted by atomic mass is 35.5. The molecule has 2 heterocycles. The predicted octanol–water partition coefficient (Wildman–Crippen LogP) is 5.10.